The molecule has 0 bridgehead atoms. The van der Waals surface area contributed by atoms with Crippen LogP contribution in [0, 0.1) is 0 Å². The SMILES string of the molecule is CCN(C[C@H]1CN(Cc2ccno2)CCO1)c1cccnn1. The van der Waals surface area contributed by atoms with Crippen LogP contribution in [-0.4, -0.2) is 59.1 Å². The van der Waals surface area contributed by atoms with Crippen LogP contribution < -0.4 is 4.90 Å². The summed E-state index contributed by atoms with van der Waals surface area (Å²) >= 11 is 0. The van der Waals surface area contributed by atoms with Crippen LogP contribution in [0.1, 0.15) is 12.7 Å². The first kappa shape index (κ1) is 14.9. The first-order valence-corrected chi connectivity index (χ1v) is 7.61. The highest BCUT2D eigenvalue weighted by Gasteiger charge is 2.23. The van der Waals surface area contributed by atoms with Gasteiger partial charge in [0.25, 0.3) is 0 Å². The monoisotopic (exact) mass is 303 g/mol. The van der Waals surface area contributed by atoms with E-state index in [4.69, 9.17) is 9.26 Å². The van der Waals surface area contributed by atoms with Crippen molar-refractivity contribution in [3.05, 3.63) is 36.4 Å². The number of nitrogens with zero attached hydrogens (tertiary/aromatic N) is 5. The van der Waals surface area contributed by atoms with E-state index in [1.165, 1.54) is 0 Å². The summed E-state index contributed by atoms with van der Waals surface area (Å²) in [6.45, 7) is 7.09. The Kier molecular flexibility index (Phi) is 4.97. The van der Waals surface area contributed by atoms with Crippen molar-refractivity contribution in [1.82, 2.24) is 20.3 Å². The topological polar surface area (TPSA) is 67.5 Å². The summed E-state index contributed by atoms with van der Waals surface area (Å²) in [6.07, 6.45) is 3.52. The average Bonchev–Trinajstić information content (AvgIpc) is 3.07. The lowest BCUT2D eigenvalue weighted by Crippen LogP contribution is -2.47. The number of hydrogen-bond acceptors (Lipinski definition) is 7. The zero-order valence-electron chi connectivity index (χ0n) is 12.8. The maximum atomic E-state index is 5.90. The van der Waals surface area contributed by atoms with Crippen molar-refractivity contribution in [2.75, 3.05) is 37.7 Å². The quantitative estimate of drug-likeness (QED) is 0.794. The highest BCUT2D eigenvalue weighted by Crippen LogP contribution is 2.14. The number of morpholine rings is 1. The molecule has 0 unspecified atom stereocenters. The van der Waals surface area contributed by atoms with Gasteiger partial charge in [-0.1, -0.05) is 5.16 Å². The van der Waals surface area contributed by atoms with Gasteiger partial charge in [-0.25, -0.2) is 0 Å². The Labute approximate surface area is 129 Å². The van der Waals surface area contributed by atoms with E-state index >= 15 is 0 Å². The Morgan fingerprint density at radius 1 is 1.36 bits per heavy atom. The summed E-state index contributed by atoms with van der Waals surface area (Å²) in [5.41, 5.74) is 0. The highest BCUT2D eigenvalue weighted by atomic mass is 16.5. The van der Waals surface area contributed by atoms with Crippen molar-refractivity contribution in [3.8, 4) is 0 Å². The van der Waals surface area contributed by atoms with Gasteiger partial charge in [0, 0.05) is 38.4 Å². The predicted molar refractivity (Wildman–Crippen MR) is 81.4 cm³/mol. The van der Waals surface area contributed by atoms with Crippen molar-refractivity contribution in [2.24, 2.45) is 0 Å². The molecule has 0 radical (unpaired) electrons. The van der Waals surface area contributed by atoms with Crippen LogP contribution in [0.4, 0.5) is 5.82 Å². The van der Waals surface area contributed by atoms with E-state index in [1.807, 2.05) is 18.2 Å². The summed E-state index contributed by atoms with van der Waals surface area (Å²) in [6, 6.07) is 5.79. The standard InChI is InChI=1S/C15H21N5O2/c1-2-20(15-4-3-6-16-18-15)12-14-11-19(8-9-21-14)10-13-5-7-17-22-13/h3-7,14H,2,8-12H2,1H3/t14-/m1/s1. The molecule has 0 aromatic carbocycles. The number of anilines is 1. The lowest BCUT2D eigenvalue weighted by atomic mass is 10.2. The molecule has 2 aromatic heterocycles. The fourth-order valence-electron chi connectivity index (χ4n) is 2.67. The molecule has 1 saturated heterocycles. The minimum Gasteiger partial charge on any atom is -0.374 e. The molecule has 0 saturated carbocycles. The molecule has 0 amide bonds. The van der Waals surface area contributed by atoms with E-state index < -0.39 is 0 Å². The van der Waals surface area contributed by atoms with E-state index in [2.05, 4.69) is 32.1 Å². The molecular weight excluding hydrogens is 282 g/mol. The Morgan fingerprint density at radius 3 is 3.05 bits per heavy atom. The smallest absolute Gasteiger partial charge is 0.151 e. The van der Waals surface area contributed by atoms with Crippen molar-refractivity contribution in [2.45, 2.75) is 19.6 Å². The molecule has 0 N–H and O–H groups in total. The van der Waals surface area contributed by atoms with Gasteiger partial charge >= 0.3 is 0 Å². The molecule has 22 heavy (non-hydrogen) atoms. The first-order chi connectivity index (χ1) is 10.8. The minimum atomic E-state index is 0.152. The second-order valence-corrected chi connectivity index (χ2v) is 5.33. The lowest BCUT2D eigenvalue weighted by molar-refractivity contribution is -0.0291. The summed E-state index contributed by atoms with van der Waals surface area (Å²) in [4.78, 5) is 4.52. The maximum absolute atomic E-state index is 5.90. The Balaban J connectivity index is 1.57. The molecule has 1 atom stereocenters. The molecule has 118 valence electrons. The molecule has 3 rings (SSSR count). The van der Waals surface area contributed by atoms with Gasteiger partial charge in [-0.3, -0.25) is 4.90 Å². The van der Waals surface area contributed by atoms with Gasteiger partial charge in [0.2, 0.25) is 0 Å². The zero-order chi connectivity index (χ0) is 15.2. The molecule has 0 spiro atoms. The molecule has 1 aliphatic heterocycles. The van der Waals surface area contributed by atoms with E-state index in [1.54, 1.807) is 12.4 Å². The van der Waals surface area contributed by atoms with Crippen LogP contribution in [-0.2, 0) is 11.3 Å². The van der Waals surface area contributed by atoms with Crippen LogP contribution in [0.5, 0.6) is 0 Å². The highest BCUT2D eigenvalue weighted by molar-refractivity contribution is 5.36. The largest absolute Gasteiger partial charge is 0.374 e. The molecular formula is C15H21N5O2. The molecule has 7 nitrogen and oxygen atoms in total. The van der Waals surface area contributed by atoms with Gasteiger partial charge in [-0.15, -0.1) is 5.10 Å². The number of ether oxygens (including phenoxy) is 1. The normalized spacial score (nSPS) is 19.2. The molecule has 2 aromatic rings. The van der Waals surface area contributed by atoms with Crippen LogP contribution >= 0.6 is 0 Å². The van der Waals surface area contributed by atoms with Crippen molar-refractivity contribution < 1.29 is 9.26 Å². The summed E-state index contributed by atoms with van der Waals surface area (Å²) in [5.74, 6) is 1.78. The van der Waals surface area contributed by atoms with Gasteiger partial charge in [0.05, 0.1) is 25.5 Å². The molecule has 7 heteroatoms. The van der Waals surface area contributed by atoms with Crippen LogP contribution in [0.2, 0.25) is 0 Å². The maximum Gasteiger partial charge on any atom is 0.151 e. The fourth-order valence-corrected chi connectivity index (χ4v) is 2.67. The average molecular weight is 303 g/mol. The Morgan fingerprint density at radius 2 is 2.32 bits per heavy atom. The fraction of sp³-hybridized carbons (Fsp3) is 0.533. The van der Waals surface area contributed by atoms with Gasteiger partial charge in [-0.2, -0.15) is 5.10 Å². The molecule has 1 fully saturated rings. The molecule has 0 aliphatic carbocycles. The van der Waals surface area contributed by atoms with Gasteiger partial charge in [-0.05, 0) is 19.1 Å². The van der Waals surface area contributed by atoms with Crippen LogP contribution in [0.25, 0.3) is 0 Å². The summed E-state index contributed by atoms with van der Waals surface area (Å²) in [5, 5.41) is 11.9. The third-order valence-corrected chi connectivity index (χ3v) is 3.78. The third-order valence-electron chi connectivity index (χ3n) is 3.78. The van der Waals surface area contributed by atoms with Gasteiger partial charge < -0.3 is 14.2 Å². The number of rotatable bonds is 6. The number of aromatic nitrogens is 3. The van der Waals surface area contributed by atoms with Gasteiger partial charge in [0.15, 0.2) is 11.6 Å². The Bertz CT molecular complexity index is 548. The molecule has 3 heterocycles. The zero-order valence-corrected chi connectivity index (χ0v) is 12.8. The van der Waals surface area contributed by atoms with Crippen LogP contribution in [0.3, 0.4) is 0 Å². The Hall–Kier alpha value is -1.99. The second-order valence-electron chi connectivity index (χ2n) is 5.33. The number of likely N-dealkylation sites (N-methyl/N-ethyl adjacent to an activating group) is 1. The second kappa shape index (κ2) is 7.33. The summed E-state index contributed by atoms with van der Waals surface area (Å²) in [7, 11) is 0. The predicted octanol–water partition coefficient (Wildman–Crippen LogP) is 1.19. The minimum absolute atomic E-state index is 0.152. The van der Waals surface area contributed by atoms with E-state index in [0.29, 0.717) is 0 Å². The first-order valence-electron chi connectivity index (χ1n) is 7.61. The lowest BCUT2D eigenvalue weighted by Gasteiger charge is -2.35. The van der Waals surface area contributed by atoms with Crippen molar-refractivity contribution >= 4 is 5.82 Å². The van der Waals surface area contributed by atoms with E-state index in [-0.39, 0.29) is 6.10 Å². The van der Waals surface area contributed by atoms with Crippen molar-refractivity contribution in [3.63, 3.8) is 0 Å². The third kappa shape index (κ3) is 3.80. The number of hydrogen-bond donors (Lipinski definition) is 0. The van der Waals surface area contributed by atoms with E-state index in [9.17, 15) is 0 Å². The van der Waals surface area contributed by atoms with Gasteiger partial charge in [0.1, 0.15) is 0 Å². The summed E-state index contributed by atoms with van der Waals surface area (Å²) < 4.78 is 11.1. The van der Waals surface area contributed by atoms with E-state index in [0.717, 1.165) is 50.9 Å². The van der Waals surface area contributed by atoms with Crippen molar-refractivity contribution in [1.29, 1.82) is 0 Å². The van der Waals surface area contributed by atoms with Crippen LogP contribution in [0.15, 0.2) is 35.1 Å². The molecule has 1 aliphatic rings.